The van der Waals surface area contributed by atoms with Crippen LogP contribution >= 0.6 is 23.2 Å². The van der Waals surface area contributed by atoms with Crippen molar-refractivity contribution in [2.75, 3.05) is 6.61 Å². The van der Waals surface area contributed by atoms with E-state index in [4.69, 9.17) is 27.9 Å². The van der Waals surface area contributed by atoms with E-state index in [2.05, 4.69) is 5.32 Å². The van der Waals surface area contributed by atoms with Crippen LogP contribution in [0.3, 0.4) is 0 Å². The molecule has 2 aromatic rings. The van der Waals surface area contributed by atoms with Gasteiger partial charge in [-0.1, -0.05) is 49.0 Å². The minimum Gasteiger partial charge on any atom is -0.484 e. The summed E-state index contributed by atoms with van der Waals surface area (Å²) in [6.07, 6.45) is 4.55. The number of nitrogens with zero attached hydrogens (tertiary/aromatic N) is 1. The lowest BCUT2D eigenvalue weighted by atomic mass is 10.1. The normalized spacial score (nSPS) is 14.8. The highest BCUT2D eigenvalue weighted by Crippen LogP contribution is 2.25. The van der Waals surface area contributed by atoms with Gasteiger partial charge in [-0.25, -0.2) is 4.39 Å². The lowest BCUT2D eigenvalue weighted by molar-refractivity contribution is -0.143. The predicted molar refractivity (Wildman–Crippen MR) is 123 cm³/mol. The molecule has 0 spiro atoms. The first-order chi connectivity index (χ1) is 15.4. The average molecular weight is 481 g/mol. The summed E-state index contributed by atoms with van der Waals surface area (Å²) in [5, 5.41) is 3.88. The monoisotopic (exact) mass is 480 g/mol. The molecule has 1 aliphatic rings. The third kappa shape index (κ3) is 6.59. The van der Waals surface area contributed by atoms with Gasteiger partial charge in [0.2, 0.25) is 5.91 Å². The van der Waals surface area contributed by atoms with Crippen molar-refractivity contribution in [2.24, 2.45) is 0 Å². The zero-order valence-electron chi connectivity index (χ0n) is 18.0. The van der Waals surface area contributed by atoms with Crippen molar-refractivity contribution in [3.05, 3.63) is 63.9 Å². The number of carbonyl (C=O) groups is 2. The molecular weight excluding hydrogens is 454 g/mol. The molecule has 0 bridgehead atoms. The third-order valence-electron chi connectivity index (χ3n) is 5.60. The van der Waals surface area contributed by atoms with Gasteiger partial charge in [-0.3, -0.25) is 9.59 Å². The fourth-order valence-electron chi connectivity index (χ4n) is 3.88. The molecule has 2 aromatic carbocycles. The topological polar surface area (TPSA) is 58.6 Å². The van der Waals surface area contributed by atoms with Gasteiger partial charge in [-0.2, -0.15) is 0 Å². The van der Waals surface area contributed by atoms with Crippen molar-refractivity contribution < 1.29 is 18.7 Å². The van der Waals surface area contributed by atoms with E-state index >= 15 is 0 Å². The average Bonchev–Trinajstić information content (AvgIpc) is 3.28. The second-order valence-electron chi connectivity index (χ2n) is 7.93. The Morgan fingerprint density at radius 2 is 1.81 bits per heavy atom. The highest BCUT2D eigenvalue weighted by atomic mass is 35.5. The van der Waals surface area contributed by atoms with Crippen LogP contribution in [0.1, 0.15) is 44.6 Å². The van der Waals surface area contributed by atoms with Crippen LogP contribution in [0.15, 0.2) is 42.5 Å². The molecule has 1 saturated carbocycles. The van der Waals surface area contributed by atoms with Crippen LogP contribution in [0.5, 0.6) is 5.75 Å². The Balaban J connectivity index is 1.77. The first-order valence-electron chi connectivity index (χ1n) is 10.8. The molecule has 2 amide bonds. The van der Waals surface area contributed by atoms with Crippen LogP contribution in [0.2, 0.25) is 10.0 Å². The molecule has 0 saturated heterocycles. The van der Waals surface area contributed by atoms with E-state index < -0.39 is 6.04 Å². The number of rotatable bonds is 9. The van der Waals surface area contributed by atoms with Crippen LogP contribution in [0.25, 0.3) is 0 Å². The molecule has 1 fully saturated rings. The van der Waals surface area contributed by atoms with E-state index in [-0.39, 0.29) is 36.8 Å². The van der Waals surface area contributed by atoms with Gasteiger partial charge in [0.25, 0.3) is 5.91 Å². The van der Waals surface area contributed by atoms with E-state index in [1.54, 1.807) is 18.2 Å². The molecule has 172 valence electrons. The standard InChI is InChI=1S/C24H27Cl2FN2O3/c1-2-22(24(31)28-18-5-3-4-6-18)29(14-16-7-12-20(25)21(26)13-16)23(30)15-32-19-10-8-17(27)9-11-19/h7-13,18,22H,2-6,14-15H2,1H3,(H,28,31)/t22-/m0/s1. The predicted octanol–water partition coefficient (Wildman–Crippen LogP) is 5.38. The molecule has 5 nitrogen and oxygen atoms in total. The van der Waals surface area contributed by atoms with Crippen molar-refractivity contribution in [1.82, 2.24) is 10.2 Å². The van der Waals surface area contributed by atoms with Crippen molar-refractivity contribution in [1.29, 1.82) is 0 Å². The van der Waals surface area contributed by atoms with Gasteiger partial charge < -0.3 is 15.0 Å². The van der Waals surface area contributed by atoms with Crippen LogP contribution in [-0.2, 0) is 16.1 Å². The number of amides is 2. The van der Waals surface area contributed by atoms with Crippen LogP contribution < -0.4 is 10.1 Å². The van der Waals surface area contributed by atoms with E-state index in [9.17, 15) is 14.0 Å². The molecule has 8 heteroatoms. The molecule has 32 heavy (non-hydrogen) atoms. The largest absolute Gasteiger partial charge is 0.484 e. The summed E-state index contributed by atoms with van der Waals surface area (Å²) in [5.74, 6) is -0.541. The summed E-state index contributed by atoms with van der Waals surface area (Å²) in [7, 11) is 0. The van der Waals surface area contributed by atoms with Gasteiger partial charge in [0.1, 0.15) is 17.6 Å². The van der Waals surface area contributed by atoms with Crippen molar-refractivity contribution in [3.8, 4) is 5.75 Å². The zero-order chi connectivity index (χ0) is 23.1. The molecule has 1 aliphatic carbocycles. The highest BCUT2D eigenvalue weighted by molar-refractivity contribution is 6.42. The maximum absolute atomic E-state index is 13.2. The summed E-state index contributed by atoms with van der Waals surface area (Å²) in [6.45, 7) is 1.77. The Hall–Kier alpha value is -2.31. The molecular formula is C24H27Cl2FN2O3. The molecule has 1 atom stereocenters. The first kappa shape index (κ1) is 24.3. The third-order valence-corrected chi connectivity index (χ3v) is 6.34. The zero-order valence-corrected chi connectivity index (χ0v) is 19.5. The number of carbonyl (C=O) groups excluding carboxylic acids is 2. The summed E-state index contributed by atoms with van der Waals surface area (Å²) in [5.41, 5.74) is 0.752. The smallest absolute Gasteiger partial charge is 0.261 e. The van der Waals surface area contributed by atoms with Crippen LogP contribution in [-0.4, -0.2) is 35.4 Å². The van der Waals surface area contributed by atoms with E-state index in [0.29, 0.717) is 22.2 Å². The lowest BCUT2D eigenvalue weighted by Gasteiger charge is -2.31. The first-order valence-corrected chi connectivity index (χ1v) is 11.5. The minimum absolute atomic E-state index is 0.147. The Morgan fingerprint density at radius 3 is 2.44 bits per heavy atom. The van der Waals surface area contributed by atoms with Gasteiger partial charge in [-0.05, 0) is 61.2 Å². The van der Waals surface area contributed by atoms with Gasteiger partial charge in [0.15, 0.2) is 6.61 Å². The quantitative estimate of drug-likeness (QED) is 0.524. The van der Waals surface area contributed by atoms with E-state index in [0.717, 1.165) is 31.2 Å². The molecule has 0 unspecified atom stereocenters. The second-order valence-corrected chi connectivity index (χ2v) is 8.74. The fourth-order valence-corrected chi connectivity index (χ4v) is 4.20. The second kappa shape index (κ2) is 11.5. The maximum Gasteiger partial charge on any atom is 0.261 e. The van der Waals surface area contributed by atoms with Crippen LogP contribution in [0.4, 0.5) is 4.39 Å². The summed E-state index contributed by atoms with van der Waals surface area (Å²) in [4.78, 5) is 27.7. The summed E-state index contributed by atoms with van der Waals surface area (Å²) in [6, 6.07) is 10.0. The SMILES string of the molecule is CC[C@@H](C(=O)NC1CCCC1)N(Cc1ccc(Cl)c(Cl)c1)C(=O)COc1ccc(F)cc1. The number of benzene rings is 2. The number of hydrogen-bond acceptors (Lipinski definition) is 3. The molecule has 3 rings (SSSR count). The van der Waals surface area contributed by atoms with Gasteiger partial charge in [0.05, 0.1) is 10.0 Å². The highest BCUT2D eigenvalue weighted by Gasteiger charge is 2.31. The Labute approximate surface area is 197 Å². The van der Waals surface area contributed by atoms with E-state index in [1.807, 2.05) is 6.92 Å². The number of halogens is 3. The Morgan fingerprint density at radius 1 is 1.12 bits per heavy atom. The number of hydrogen-bond donors (Lipinski definition) is 1. The van der Waals surface area contributed by atoms with Gasteiger partial charge in [-0.15, -0.1) is 0 Å². The molecule has 1 N–H and O–H groups in total. The van der Waals surface area contributed by atoms with Gasteiger partial charge >= 0.3 is 0 Å². The van der Waals surface area contributed by atoms with Crippen molar-refractivity contribution in [3.63, 3.8) is 0 Å². The van der Waals surface area contributed by atoms with E-state index in [1.165, 1.54) is 29.2 Å². The van der Waals surface area contributed by atoms with Gasteiger partial charge in [0, 0.05) is 12.6 Å². The van der Waals surface area contributed by atoms with Crippen LogP contribution in [0, 0.1) is 5.82 Å². The number of nitrogens with one attached hydrogen (secondary N) is 1. The Kier molecular flexibility index (Phi) is 8.76. The Bertz CT molecular complexity index is 933. The number of ether oxygens (including phenoxy) is 1. The molecule has 0 aliphatic heterocycles. The maximum atomic E-state index is 13.2. The summed E-state index contributed by atoms with van der Waals surface area (Å²) < 4.78 is 18.7. The molecule has 0 aromatic heterocycles. The minimum atomic E-state index is -0.658. The fraction of sp³-hybridized carbons (Fsp3) is 0.417. The van der Waals surface area contributed by atoms with Crippen molar-refractivity contribution in [2.45, 2.75) is 57.7 Å². The lowest BCUT2D eigenvalue weighted by Crippen LogP contribution is -2.52. The summed E-state index contributed by atoms with van der Waals surface area (Å²) >= 11 is 12.2. The molecule has 0 heterocycles. The van der Waals surface area contributed by atoms with Crippen molar-refractivity contribution >= 4 is 35.0 Å². The molecule has 0 radical (unpaired) electrons.